The summed E-state index contributed by atoms with van der Waals surface area (Å²) in [5, 5.41) is 12.5. The Morgan fingerprint density at radius 2 is 2.00 bits per heavy atom. The first kappa shape index (κ1) is 25.2. The highest BCUT2D eigenvalue weighted by Gasteiger charge is 2.40. The maximum absolute atomic E-state index is 13.7. The first-order valence-electron chi connectivity index (χ1n) is 10.3. The molecule has 1 aromatic carbocycles. The van der Waals surface area contributed by atoms with Crippen LogP contribution in [-0.2, 0) is 16.1 Å². The van der Waals surface area contributed by atoms with Crippen LogP contribution in [0.2, 0.25) is 5.02 Å². The van der Waals surface area contributed by atoms with E-state index in [4.69, 9.17) is 21.4 Å². The third-order valence-electron chi connectivity index (χ3n) is 4.97. The quantitative estimate of drug-likeness (QED) is 0.486. The van der Waals surface area contributed by atoms with E-state index in [1.165, 1.54) is 23.0 Å². The van der Waals surface area contributed by atoms with E-state index >= 15 is 0 Å². The molecule has 0 saturated carbocycles. The van der Waals surface area contributed by atoms with E-state index in [1.54, 1.807) is 19.2 Å². The van der Waals surface area contributed by atoms with Crippen LogP contribution in [0.3, 0.4) is 0 Å². The molecule has 2 amide bonds. The lowest BCUT2D eigenvalue weighted by molar-refractivity contribution is -0.128. The topological polar surface area (TPSA) is 98.2 Å². The lowest BCUT2D eigenvalue weighted by atomic mass is 10.2. The number of aliphatic hydroxyl groups excluding tert-OH is 1. The number of nitrogens with one attached hydrogen (secondary N) is 1. The number of likely N-dealkylation sites (N-methyl/N-ethyl adjacent to an activating group) is 1. The summed E-state index contributed by atoms with van der Waals surface area (Å²) in [6.45, 7) is 0.188. The number of rotatable bonds is 10. The number of carbonyl (C=O) groups is 2. The third-order valence-corrected chi connectivity index (χ3v) is 5.19. The predicted molar refractivity (Wildman–Crippen MR) is 119 cm³/mol. The molecule has 34 heavy (non-hydrogen) atoms. The molecule has 1 unspecified atom stereocenters. The van der Waals surface area contributed by atoms with Gasteiger partial charge in [-0.1, -0.05) is 11.6 Å². The van der Waals surface area contributed by atoms with Gasteiger partial charge in [0.2, 0.25) is 6.41 Å². The normalized spacial score (nSPS) is 15.2. The summed E-state index contributed by atoms with van der Waals surface area (Å²) in [5.74, 6) is -2.13. The first-order chi connectivity index (χ1) is 16.2. The fourth-order valence-electron chi connectivity index (χ4n) is 3.31. The largest absolute Gasteiger partial charge is 0.452 e. The highest BCUT2D eigenvalue weighted by Crippen LogP contribution is 2.28. The number of amides is 2. The summed E-state index contributed by atoms with van der Waals surface area (Å²) < 4.78 is 33.3. The first-order valence-corrected chi connectivity index (χ1v) is 10.7. The molecule has 0 fully saturated rings. The monoisotopic (exact) mass is 495 g/mol. The summed E-state index contributed by atoms with van der Waals surface area (Å²) in [5.41, 5.74) is 0.595. The Bertz CT molecular complexity index is 1050. The van der Waals surface area contributed by atoms with Gasteiger partial charge in [-0.25, -0.2) is 8.78 Å². The fourth-order valence-corrected chi connectivity index (χ4v) is 3.42. The maximum Gasteiger partial charge on any atom is 0.273 e. The van der Waals surface area contributed by atoms with Gasteiger partial charge in [-0.05, 0) is 18.6 Å². The summed E-state index contributed by atoms with van der Waals surface area (Å²) in [6.07, 6.45) is 1.19. The molecule has 1 aliphatic heterocycles. The van der Waals surface area contributed by atoms with Crippen molar-refractivity contribution in [3.8, 4) is 5.75 Å². The lowest BCUT2D eigenvalue weighted by Crippen LogP contribution is -2.44. The van der Waals surface area contributed by atoms with Gasteiger partial charge in [0.1, 0.15) is 28.9 Å². The predicted octanol–water partition coefficient (Wildman–Crippen LogP) is 1.88. The Morgan fingerprint density at radius 1 is 1.29 bits per heavy atom. The second-order valence-corrected chi connectivity index (χ2v) is 7.97. The minimum atomic E-state index is -1.11. The van der Waals surface area contributed by atoms with Crippen molar-refractivity contribution >= 4 is 23.9 Å². The Hall–Kier alpha value is -3.44. The molecular formula is C22H24ClF2N5O4. The van der Waals surface area contributed by atoms with Crippen LogP contribution in [0.25, 0.3) is 0 Å². The molecule has 0 saturated heterocycles. The van der Waals surface area contributed by atoms with Crippen LogP contribution < -0.4 is 10.1 Å². The zero-order chi connectivity index (χ0) is 24.8. The van der Waals surface area contributed by atoms with Gasteiger partial charge in [0.05, 0.1) is 17.3 Å². The van der Waals surface area contributed by atoms with Crippen LogP contribution in [0.4, 0.5) is 8.78 Å². The molecule has 2 heterocycles. The van der Waals surface area contributed by atoms with Gasteiger partial charge >= 0.3 is 0 Å². The van der Waals surface area contributed by atoms with E-state index in [-0.39, 0.29) is 37.0 Å². The average Bonchev–Trinajstić information content (AvgIpc) is 3.14. The Balaban J connectivity index is 2.02. The van der Waals surface area contributed by atoms with Gasteiger partial charge in [0.15, 0.2) is 0 Å². The smallest absolute Gasteiger partial charge is 0.273 e. The van der Waals surface area contributed by atoms with Gasteiger partial charge in [0, 0.05) is 51.6 Å². The molecule has 12 heteroatoms. The number of benzene rings is 1. The molecule has 0 aliphatic carbocycles. The number of nitrogens with zero attached hydrogens (tertiary/aromatic N) is 4. The third kappa shape index (κ3) is 5.91. The summed E-state index contributed by atoms with van der Waals surface area (Å²) >= 11 is 5.93. The van der Waals surface area contributed by atoms with E-state index in [0.29, 0.717) is 29.6 Å². The van der Waals surface area contributed by atoms with Crippen LogP contribution in [-0.4, -0.2) is 70.7 Å². The van der Waals surface area contributed by atoms with Crippen molar-refractivity contribution in [1.29, 1.82) is 0 Å². The second kappa shape index (κ2) is 11.1. The van der Waals surface area contributed by atoms with Crippen molar-refractivity contribution < 1.29 is 28.2 Å². The maximum atomic E-state index is 13.7. The number of carbonyl (C=O) groups excluding carboxylic acids is 2. The number of aliphatic hydroxyl groups is 1. The number of pyridine rings is 1. The summed E-state index contributed by atoms with van der Waals surface area (Å²) in [6, 6.07) is 5.99. The van der Waals surface area contributed by atoms with E-state index in [0.717, 1.165) is 17.0 Å². The van der Waals surface area contributed by atoms with E-state index < -0.39 is 23.9 Å². The minimum Gasteiger partial charge on any atom is -0.452 e. The summed E-state index contributed by atoms with van der Waals surface area (Å²) in [4.78, 5) is 33.2. The summed E-state index contributed by atoms with van der Waals surface area (Å²) in [7, 11) is 3.00. The minimum absolute atomic E-state index is 0.0394. The van der Waals surface area contributed by atoms with Crippen molar-refractivity contribution in [2.24, 2.45) is 0 Å². The standard InChI is InChI=1S/C22H24ClF2N5O4/c1-28(6-3-7-31)21(33)19-20(29(2)13-32)27-22(34-18-9-15(24)8-16(25)10-18)30(19)12-17-5-4-14(23)11-26-17/h4-5,8-11,13,22,27,31H,3,6-7,12H2,1-2H3. The van der Waals surface area contributed by atoms with Crippen LogP contribution in [0.15, 0.2) is 48.0 Å². The second-order valence-electron chi connectivity index (χ2n) is 7.53. The number of ether oxygens (including phenoxy) is 1. The van der Waals surface area contributed by atoms with Crippen molar-refractivity contribution in [3.63, 3.8) is 0 Å². The number of hydrogen-bond donors (Lipinski definition) is 2. The highest BCUT2D eigenvalue weighted by molar-refractivity contribution is 6.30. The molecule has 1 atom stereocenters. The molecule has 182 valence electrons. The average molecular weight is 496 g/mol. The molecule has 0 spiro atoms. The Kier molecular flexibility index (Phi) is 8.24. The van der Waals surface area contributed by atoms with E-state index in [1.807, 2.05) is 0 Å². The number of hydrogen-bond acceptors (Lipinski definition) is 7. The Labute approximate surface area is 200 Å². The van der Waals surface area contributed by atoms with Crippen molar-refractivity contribution in [2.45, 2.75) is 19.3 Å². The van der Waals surface area contributed by atoms with Gasteiger partial charge < -0.3 is 29.9 Å². The van der Waals surface area contributed by atoms with Crippen molar-refractivity contribution in [2.75, 3.05) is 27.2 Å². The molecular weight excluding hydrogens is 472 g/mol. The van der Waals surface area contributed by atoms with Crippen LogP contribution in [0.1, 0.15) is 12.1 Å². The molecule has 0 bridgehead atoms. The molecule has 0 radical (unpaired) electrons. The fraction of sp³-hybridized carbons (Fsp3) is 0.318. The van der Waals surface area contributed by atoms with Gasteiger partial charge in [-0.2, -0.15) is 0 Å². The molecule has 1 aliphatic rings. The van der Waals surface area contributed by atoms with Crippen molar-refractivity contribution in [1.82, 2.24) is 25.0 Å². The number of halogens is 3. The SMILES string of the molecule is CN(C=O)C1=C(C(=O)N(C)CCCO)N(Cc2ccc(Cl)cn2)C(Oc2cc(F)cc(F)c2)N1. The van der Waals surface area contributed by atoms with Gasteiger partial charge in [-0.3, -0.25) is 14.6 Å². The van der Waals surface area contributed by atoms with E-state index in [9.17, 15) is 18.4 Å². The zero-order valence-corrected chi connectivity index (χ0v) is 19.3. The van der Waals surface area contributed by atoms with Gasteiger partial charge in [-0.15, -0.1) is 0 Å². The molecule has 2 aromatic rings. The highest BCUT2D eigenvalue weighted by atomic mass is 35.5. The van der Waals surface area contributed by atoms with Crippen LogP contribution >= 0.6 is 11.6 Å². The van der Waals surface area contributed by atoms with Gasteiger partial charge in [0.25, 0.3) is 12.3 Å². The molecule has 9 nitrogen and oxygen atoms in total. The zero-order valence-electron chi connectivity index (χ0n) is 18.5. The molecule has 2 N–H and O–H groups in total. The van der Waals surface area contributed by atoms with Crippen molar-refractivity contribution in [3.05, 3.63) is 70.4 Å². The van der Waals surface area contributed by atoms with Crippen LogP contribution in [0.5, 0.6) is 5.75 Å². The molecule has 3 rings (SSSR count). The van der Waals surface area contributed by atoms with E-state index in [2.05, 4.69) is 10.3 Å². The van der Waals surface area contributed by atoms with Crippen LogP contribution in [0, 0.1) is 11.6 Å². The lowest BCUT2D eigenvalue weighted by Gasteiger charge is -2.29. The molecule has 1 aromatic heterocycles. The number of aromatic nitrogens is 1. The Morgan fingerprint density at radius 3 is 2.59 bits per heavy atom.